The van der Waals surface area contributed by atoms with Gasteiger partial charge in [0, 0.05) is 19.8 Å². The summed E-state index contributed by atoms with van der Waals surface area (Å²) in [7, 11) is 0. The van der Waals surface area contributed by atoms with Crippen LogP contribution in [0.1, 0.15) is 0 Å². The van der Waals surface area contributed by atoms with Crippen LogP contribution in [0.3, 0.4) is 0 Å². The van der Waals surface area contributed by atoms with Gasteiger partial charge in [-0.2, -0.15) is 4.91 Å². The van der Waals surface area contributed by atoms with E-state index < -0.39 is 0 Å². The maximum Gasteiger partial charge on any atom is 0 e. The second-order valence-electron chi connectivity index (χ2n) is 0. The minimum absolute atomic E-state index is 0. The first-order valence-electron chi connectivity index (χ1n) is 0.204. The SMILES string of the molecule is Br.Br.Br.Br.Br.N=O.[Os]. The van der Waals surface area contributed by atoms with Crippen LogP contribution in [-0.4, -0.2) is 0 Å². The van der Waals surface area contributed by atoms with Crippen LogP contribution in [0, 0.1) is 10.5 Å². The number of halogens is 5. The average molecular weight is 626 g/mol. The van der Waals surface area contributed by atoms with Crippen molar-refractivity contribution in [1.29, 1.82) is 5.59 Å². The van der Waals surface area contributed by atoms with Gasteiger partial charge in [0.25, 0.3) is 0 Å². The number of nitrogens with one attached hydrogen (secondary N) is 1. The fourth-order valence-corrected chi connectivity index (χ4v) is 0. The van der Waals surface area contributed by atoms with E-state index in [0.717, 1.165) is 0 Å². The van der Waals surface area contributed by atoms with E-state index >= 15 is 0 Å². The Morgan fingerprint density at radius 1 is 0.625 bits per heavy atom. The molecule has 0 amide bonds. The summed E-state index contributed by atoms with van der Waals surface area (Å²) in [6, 6.07) is 0. The summed E-state index contributed by atoms with van der Waals surface area (Å²) in [4.78, 5) is 7.50. The maximum atomic E-state index is 7.50. The Bertz CT molecular complexity index is 12.4. The number of hydrogen-bond donors (Lipinski definition) is 1. The van der Waals surface area contributed by atoms with E-state index in [1.54, 1.807) is 0 Å². The van der Waals surface area contributed by atoms with Crippen molar-refractivity contribution < 1.29 is 19.8 Å². The van der Waals surface area contributed by atoms with Crippen LogP contribution in [0.5, 0.6) is 0 Å². The molecule has 0 aromatic heterocycles. The van der Waals surface area contributed by atoms with Gasteiger partial charge in [-0.3, -0.25) is 0 Å². The normalized spacial score (nSPS) is 0.500. The molecule has 0 aliphatic carbocycles. The van der Waals surface area contributed by atoms with Gasteiger partial charge in [-0.1, -0.05) is 5.59 Å². The average Bonchev–Trinajstić information content (AvgIpc) is 1.00. The van der Waals surface area contributed by atoms with Crippen LogP contribution >= 0.6 is 84.9 Å². The maximum absolute atomic E-state index is 7.50. The first kappa shape index (κ1) is 74.7. The Kier molecular flexibility index (Phi) is 966. The molecule has 0 spiro atoms. The third kappa shape index (κ3) is 72.5. The summed E-state index contributed by atoms with van der Waals surface area (Å²) in [5.41, 5.74) is 4.50. The third-order valence-corrected chi connectivity index (χ3v) is 0. The molecular weight excluding hydrogens is 620 g/mol. The van der Waals surface area contributed by atoms with Crippen molar-refractivity contribution in [2.75, 3.05) is 0 Å². The summed E-state index contributed by atoms with van der Waals surface area (Å²) in [6.07, 6.45) is 0. The van der Waals surface area contributed by atoms with Gasteiger partial charge in [0.2, 0.25) is 0 Å². The second kappa shape index (κ2) is 103. The Morgan fingerprint density at radius 3 is 0.625 bits per heavy atom. The zero-order valence-corrected chi connectivity index (χ0v) is 14.4. The number of rotatable bonds is 0. The molecule has 8 heteroatoms. The first-order valence-corrected chi connectivity index (χ1v) is 0.204. The molecule has 0 atom stereocenters. The topological polar surface area (TPSA) is 40.9 Å². The molecule has 0 aromatic carbocycles. The molecule has 0 aliphatic heterocycles. The van der Waals surface area contributed by atoms with E-state index in [-0.39, 0.29) is 105 Å². The summed E-state index contributed by atoms with van der Waals surface area (Å²) < 4.78 is 0. The molecule has 0 aliphatic rings. The van der Waals surface area contributed by atoms with Crippen molar-refractivity contribution in [2.45, 2.75) is 0 Å². The van der Waals surface area contributed by atoms with Crippen LogP contribution < -0.4 is 0 Å². The van der Waals surface area contributed by atoms with Crippen LogP contribution in [-0.2, 0) is 19.8 Å². The smallest absolute Gasteiger partial charge is 0 e. The first-order chi connectivity index (χ1) is 1.00. The molecular formula is H6Br5NOOs. The Hall–Kier alpha value is 2.64. The van der Waals surface area contributed by atoms with Crippen molar-refractivity contribution in [2.24, 2.45) is 0 Å². The molecule has 0 bridgehead atoms. The van der Waals surface area contributed by atoms with Gasteiger partial charge >= 0.3 is 0 Å². The van der Waals surface area contributed by atoms with Gasteiger partial charge in [-0.25, -0.2) is 0 Å². The van der Waals surface area contributed by atoms with Gasteiger partial charge in [0.15, 0.2) is 0 Å². The fourth-order valence-electron chi connectivity index (χ4n) is 0. The van der Waals surface area contributed by atoms with Crippen molar-refractivity contribution in [3.05, 3.63) is 4.91 Å². The zero-order chi connectivity index (χ0) is 2.00. The van der Waals surface area contributed by atoms with Crippen molar-refractivity contribution >= 4 is 84.9 Å². The molecule has 0 fully saturated rings. The Balaban J connectivity index is -0.000000000333. The minimum atomic E-state index is 0. The molecule has 0 saturated carbocycles. The Labute approximate surface area is 114 Å². The summed E-state index contributed by atoms with van der Waals surface area (Å²) in [6.45, 7) is 0. The van der Waals surface area contributed by atoms with Crippen molar-refractivity contribution in [3.8, 4) is 0 Å². The molecule has 8 heavy (non-hydrogen) atoms. The Morgan fingerprint density at radius 2 is 0.625 bits per heavy atom. The minimum Gasteiger partial charge on any atom is -0.154 e. The van der Waals surface area contributed by atoms with E-state index in [1.807, 2.05) is 0 Å². The molecule has 0 heterocycles. The monoisotopic (exact) mass is 623 g/mol. The van der Waals surface area contributed by atoms with E-state index in [0.29, 0.717) is 0 Å². The van der Waals surface area contributed by atoms with E-state index in [9.17, 15) is 0 Å². The predicted molar refractivity (Wildman–Crippen MR) is 57.7 cm³/mol. The van der Waals surface area contributed by atoms with Crippen LogP contribution in [0.25, 0.3) is 0 Å². The number of hydrogen-bond acceptors (Lipinski definition) is 2. The molecule has 0 aromatic rings. The molecule has 2 nitrogen and oxygen atoms in total. The van der Waals surface area contributed by atoms with Gasteiger partial charge in [0.1, 0.15) is 0 Å². The molecule has 0 saturated heterocycles. The van der Waals surface area contributed by atoms with Gasteiger partial charge in [-0.15, -0.1) is 84.9 Å². The van der Waals surface area contributed by atoms with Gasteiger partial charge < -0.3 is 0 Å². The van der Waals surface area contributed by atoms with Crippen LogP contribution in [0.2, 0.25) is 0 Å². The molecule has 0 radical (unpaired) electrons. The molecule has 60 valence electrons. The van der Waals surface area contributed by atoms with E-state index in [4.69, 9.17) is 4.91 Å². The molecule has 1 N–H and O–H groups in total. The predicted octanol–water partition coefficient (Wildman–Crippen LogP) is 3.22. The third-order valence-electron chi connectivity index (χ3n) is 0. The van der Waals surface area contributed by atoms with Gasteiger partial charge in [-0.05, 0) is 0 Å². The summed E-state index contributed by atoms with van der Waals surface area (Å²) >= 11 is 0. The van der Waals surface area contributed by atoms with Crippen molar-refractivity contribution in [3.63, 3.8) is 0 Å². The summed E-state index contributed by atoms with van der Waals surface area (Å²) in [5.74, 6) is 0. The van der Waals surface area contributed by atoms with Crippen molar-refractivity contribution in [1.82, 2.24) is 0 Å². The number of nitroso groups, excluding NO2 is 1. The van der Waals surface area contributed by atoms with Gasteiger partial charge in [0.05, 0.1) is 0 Å². The second-order valence-corrected chi connectivity index (χ2v) is 0. The fraction of sp³-hybridized carbons (Fsp3) is 0. The van der Waals surface area contributed by atoms with Crippen LogP contribution in [0.15, 0.2) is 0 Å². The van der Waals surface area contributed by atoms with E-state index in [2.05, 4.69) is 5.59 Å². The van der Waals surface area contributed by atoms with E-state index in [1.165, 1.54) is 0 Å². The quantitative estimate of drug-likeness (QED) is 0.413. The van der Waals surface area contributed by atoms with Crippen LogP contribution in [0.4, 0.5) is 0 Å². The molecule has 0 rings (SSSR count). The standard InChI is InChI=1S/5BrH.HNO.Os/c;;;;;1-2;/h5*1H;1H;. The summed E-state index contributed by atoms with van der Waals surface area (Å²) in [5, 5.41) is 0. The largest absolute Gasteiger partial charge is 0.154 e. The molecule has 0 unspecified atom stereocenters. The zero-order valence-electron chi connectivity index (χ0n) is 3.30.